The Hall–Kier alpha value is -1.88. The van der Waals surface area contributed by atoms with Gasteiger partial charge in [-0.3, -0.25) is 4.68 Å². The van der Waals surface area contributed by atoms with Crippen LogP contribution in [0.3, 0.4) is 0 Å². The van der Waals surface area contributed by atoms with Crippen LogP contribution in [0.1, 0.15) is 27.3 Å². The van der Waals surface area contributed by atoms with E-state index in [0.29, 0.717) is 22.0 Å². The predicted octanol–water partition coefficient (Wildman–Crippen LogP) is 3.04. The molecule has 0 fully saturated rings. The van der Waals surface area contributed by atoms with Crippen molar-refractivity contribution < 1.29 is 14.3 Å². The summed E-state index contributed by atoms with van der Waals surface area (Å²) < 4.78 is 14.7. The minimum absolute atomic E-state index is 0.174. The topological polar surface area (TPSA) is 55.1 Å². The first kappa shape index (κ1) is 13.5. The van der Waals surface area contributed by atoms with Crippen molar-refractivity contribution in [1.82, 2.24) is 9.78 Å². The quantitative estimate of drug-likeness (QED) is 0.941. The van der Waals surface area contributed by atoms with Crippen molar-refractivity contribution in [3.05, 3.63) is 51.6 Å². The van der Waals surface area contributed by atoms with Crippen molar-refractivity contribution in [2.24, 2.45) is 0 Å². The lowest BCUT2D eigenvalue weighted by atomic mass is 10.2. The van der Waals surface area contributed by atoms with E-state index < -0.39 is 5.97 Å². The Balaban J connectivity index is 2.42. The molecule has 0 unspecified atom stereocenters. The summed E-state index contributed by atoms with van der Waals surface area (Å²) in [7, 11) is 0. The molecule has 1 N–H and O–H groups in total. The zero-order chi connectivity index (χ0) is 14.2. The minimum Gasteiger partial charge on any atom is -0.478 e. The van der Waals surface area contributed by atoms with E-state index >= 15 is 0 Å². The van der Waals surface area contributed by atoms with E-state index in [2.05, 4.69) is 5.10 Å². The van der Waals surface area contributed by atoms with Crippen molar-refractivity contribution in [3.63, 3.8) is 0 Å². The van der Waals surface area contributed by atoms with Gasteiger partial charge in [0.1, 0.15) is 11.4 Å². The molecule has 0 saturated heterocycles. The molecule has 1 aromatic heterocycles. The highest BCUT2D eigenvalue weighted by atomic mass is 35.5. The number of aryl methyl sites for hydroxylation is 1. The molecular weight excluding hydrogens is 271 g/mol. The number of carboxylic acids is 1. The molecule has 4 nitrogen and oxygen atoms in total. The Morgan fingerprint density at radius 1 is 1.47 bits per heavy atom. The van der Waals surface area contributed by atoms with E-state index in [9.17, 15) is 9.18 Å². The second-order valence-electron chi connectivity index (χ2n) is 4.24. The number of carbonyl (C=O) groups is 1. The van der Waals surface area contributed by atoms with Gasteiger partial charge in [0.05, 0.1) is 17.9 Å². The fraction of sp³-hybridized carbons (Fsp3) is 0.231. The SMILES string of the molecule is Cc1nn(Cc2cc(F)ccc2Cl)c(C)c1C(=O)O. The minimum atomic E-state index is -1.02. The van der Waals surface area contributed by atoms with Gasteiger partial charge in [0.15, 0.2) is 0 Å². The highest BCUT2D eigenvalue weighted by Crippen LogP contribution is 2.20. The summed E-state index contributed by atoms with van der Waals surface area (Å²) in [5.41, 5.74) is 1.68. The monoisotopic (exact) mass is 282 g/mol. The van der Waals surface area contributed by atoms with Gasteiger partial charge in [-0.15, -0.1) is 0 Å². The second-order valence-corrected chi connectivity index (χ2v) is 4.65. The van der Waals surface area contributed by atoms with E-state index in [4.69, 9.17) is 16.7 Å². The lowest BCUT2D eigenvalue weighted by molar-refractivity contribution is 0.0695. The molecule has 0 amide bonds. The maximum atomic E-state index is 13.2. The summed E-state index contributed by atoms with van der Waals surface area (Å²) in [6.45, 7) is 3.52. The van der Waals surface area contributed by atoms with Gasteiger partial charge in [0.25, 0.3) is 0 Å². The van der Waals surface area contributed by atoms with Gasteiger partial charge in [0, 0.05) is 5.02 Å². The Labute approximate surface area is 114 Å². The smallest absolute Gasteiger partial charge is 0.339 e. The first-order valence-corrected chi connectivity index (χ1v) is 5.99. The third kappa shape index (κ3) is 2.61. The number of rotatable bonds is 3. The van der Waals surface area contributed by atoms with Crippen LogP contribution in [0.2, 0.25) is 5.02 Å². The fourth-order valence-electron chi connectivity index (χ4n) is 1.99. The largest absolute Gasteiger partial charge is 0.478 e. The summed E-state index contributed by atoms with van der Waals surface area (Å²) in [5, 5.41) is 13.7. The molecule has 0 spiro atoms. The molecule has 0 radical (unpaired) electrons. The average molecular weight is 283 g/mol. The lowest BCUT2D eigenvalue weighted by Crippen LogP contribution is -2.06. The number of benzene rings is 1. The summed E-state index contributed by atoms with van der Waals surface area (Å²) in [6.07, 6.45) is 0. The number of hydrogen-bond donors (Lipinski definition) is 1. The zero-order valence-electron chi connectivity index (χ0n) is 10.4. The Morgan fingerprint density at radius 2 is 2.16 bits per heavy atom. The van der Waals surface area contributed by atoms with Crippen LogP contribution in [0.25, 0.3) is 0 Å². The standard InChI is InChI=1S/C13H12ClFN2O2/c1-7-12(13(18)19)8(2)17(16-7)6-9-5-10(15)3-4-11(9)14/h3-5H,6H2,1-2H3,(H,18,19). The van der Waals surface area contributed by atoms with Gasteiger partial charge in [-0.1, -0.05) is 11.6 Å². The zero-order valence-corrected chi connectivity index (χ0v) is 11.2. The van der Waals surface area contributed by atoms with Crippen molar-refractivity contribution in [1.29, 1.82) is 0 Å². The van der Waals surface area contributed by atoms with E-state index in [0.717, 1.165) is 0 Å². The molecule has 100 valence electrons. The molecule has 6 heteroatoms. The third-order valence-corrected chi connectivity index (χ3v) is 3.29. The van der Waals surface area contributed by atoms with Crippen LogP contribution in [0.5, 0.6) is 0 Å². The van der Waals surface area contributed by atoms with E-state index in [-0.39, 0.29) is 17.9 Å². The number of aromatic carboxylic acids is 1. The third-order valence-electron chi connectivity index (χ3n) is 2.92. The van der Waals surface area contributed by atoms with Crippen LogP contribution in [0.15, 0.2) is 18.2 Å². The highest BCUT2D eigenvalue weighted by Gasteiger charge is 2.18. The Morgan fingerprint density at radius 3 is 2.74 bits per heavy atom. The van der Waals surface area contributed by atoms with E-state index in [1.807, 2.05) is 0 Å². The molecule has 0 aliphatic heterocycles. The summed E-state index contributed by atoms with van der Waals surface area (Å²) in [6, 6.07) is 4.06. The second kappa shape index (κ2) is 5.01. The summed E-state index contributed by atoms with van der Waals surface area (Å²) in [4.78, 5) is 11.1. The van der Waals surface area contributed by atoms with Gasteiger partial charge in [-0.2, -0.15) is 5.10 Å². The summed E-state index contributed by atoms with van der Waals surface area (Å²) >= 11 is 5.98. The summed E-state index contributed by atoms with van der Waals surface area (Å²) in [5.74, 6) is -1.41. The van der Waals surface area contributed by atoms with Crippen molar-refractivity contribution in [2.75, 3.05) is 0 Å². The first-order chi connectivity index (χ1) is 8.90. The molecule has 0 saturated carbocycles. The first-order valence-electron chi connectivity index (χ1n) is 5.61. The number of hydrogen-bond acceptors (Lipinski definition) is 2. The normalized spacial score (nSPS) is 10.7. The van der Waals surface area contributed by atoms with Gasteiger partial charge >= 0.3 is 5.97 Å². The molecule has 2 rings (SSSR count). The number of halogens is 2. The molecule has 0 atom stereocenters. The molecule has 19 heavy (non-hydrogen) atoms. The van der Waals surface area contributed by atoms with Gasteiger partial charge in [0.2, 0.25) is 0 Å². The molecule has 0 bridgehead atoms. The van der Waals surface area contributed by atoms with Crippen LogP contribution in [-0.2, 0) is 6.54 Å². The molecule has 1 aromatic carbocycles. The number of carboxylic acid groups (broad SMARTS) is 1. The maximum absolute atomic E-state index is 13.2. The Kier molecular flexibility index (Phi) is 3.57. The van der Waals surface area contributed by atoms with Crippen LogP contribution < -0.4 is 0 Å². The van der Waals surface area contributed by atoms with E-state index in [1.165, 1.54) is 22.9 Å². The average Bonchev–Trinajstić information content (AvgIpc) is 2.59. The van der Waals surface area contributed by atoms with Gasteiger partial charge < -0.3 is 5.11 Å². The van der Waals surface area contributed by atoms with Crippen molar-refractivity contribution in [3.8, 4) is 0 Å². The molecular formula is C13H12ClFN2O2. The maximum Gasteiger partial charge on any atom is 0.339 e. The van der Waals surface area contributed by atoms with Gasteiger partial charge in [-0.05, 0) is 37.6 Å². The van der Waals surface area contributed by atoms with Crippen LogP contribution >= 0.6 is 11.6 Å². The van der Waals surface area contributed by atoms with Gasteiger partial charge in [-0.25, -0.2) is 9.18 Å². The molecule has 2 aromatic rings. The Bertz CT molecular complexity index is 652. The van der Waals surface area contributed by atoms with Crippen LogP contribution in [0.4, 0.5) is 4.39 Å². The van der Waals surface area contributed by atoms with Crippen molar-refractivity contribution in [2.45, 2.75) is 20.4 Å². The van der Waals surface area contributed by atoms with Crippen molar-refractivity contribution >= 4 is 17.6 Å². The van der Waals surface area contributed by atoms with Crippen LogP contribution in [0, 0.1) is 19.7 Å². The fourth-order valence-corrected chi connectivity index (χ4v) is 2.16. The predicted molar refractivity (Wildman–Crippen MR) is 69.2 cm³/mol. The van der Waals surface area contributed by atoms with Crippen LogP contribution in [-0.4, -0.2) is 20.9 Å². The molecule has 0 aliphatic carbocycles. The highest BCUT2D eigenvalue weighted by molar-refractivity contribution is 6.31. The number of aromatic nitrogens is 2. The molecule has 0 aliphatic rings. The number of nitrogens with zero attached hydrogens (tertiary/aromatic N) is 2. The molecule has 1 heterocycles. The van der Waals surface area contributed by atoms with E-state index in [1.54, 1.807) is 13.8 Å². The lowest BCUT2D eigenvalue weighted by Gasteiger charge is -2.07.